The van der Waals surface area contributed by atoms with E-state index >= 15 is 0 Å². The van der Waals surface area contributed by atoms with Crippen LogP contribution < -0.4 is 5.32 Å². The Morgan fingerprint density at radius 3 is 2.65 bits per heavy atom. The van der Waals surface area contributed by atoms with Crippen LogP contribution in [-0.4, -0.2) is 43.0 Å². The second kappa shape index (κ2) is 5.62. The van der Waals surface area contributed by atoms with Crippen LogP contribution in [0.4, 0.5) is 5.69 Å². The average molecular weight is 258 g/mol. The highest BCUT2D eigenvalue weighted by Crippen LogP contribution is 2.06. The number of sulfone groups is 1. The van der Waals surface area contributed by atoms with E-state index in [1.165, 1.54) is 18.5 Å². The second-order valence-corrected chi connectivity index (χ2v) is 5.91. The molecule has 94 valence electrons. The van der Waals surface area contributed by atoms with Crippen molar-refractivity contribution in [3.63, 3.8) is 0 Å². The first-order chi connectivity index (χ1) is 7.88. The fraction of sp³-hybridized carbons (Fsp3) is 0.400. The van der Waals surface area contributed by atoms with Gasteiger partial charge in [-0.2, -0.15) is 0 Å². The summed E-state index contributed by atoms with van der Waals surface area (Å²) in [6, 6.07) is 2.98. The largest absolute Gasteiger partial charge is 0.477 e. The fourth-order valence-electron chi connectivity index (χ4n) is 1.19. The summed E-state index contributed by atoms with van der Waals surface area (Å²) in [7, 11) is -2.93. The van der Waals surface area contributed by atoms with Crippen LogP contribution in [0.3, 0.4) is 0 Å². The van der Waals surface area contributed by atoms with E-state index in [1.807, 2.05) is 0 Å². The van der Waals surface area contributed by atoms with Crippen molar-refractivity contribution in [3.8, 4) is 0 Å². The predicted octanol–water partition coefficient (Wildman–Crippen LogP) is 0.626. The molecule has 1 rings (SSSR count). The predicted molar refractivity (Wildman–Crippen MR) is 64.0 cm³/mol. The van der Waals surface area contributed by atoms with Crippen LogP contribution in [0.5, 0.6) is 0 Å². The average Bonchev–Trinajstić information content (AvgIpc) is 2.24. The topological polar surface area (TPSA) is 96.4 Å². The molecular weight excluding hydrogens is 244 g/mol. The van der Waals surface area contributed by atoms with Gasteiger partial charge in [0.1, 0.15) is 15.5 Å². The minimum Gasteiger partial charge on any atom is -0.477 e. The van der Waals surface area contributed by atoms with Crippen molar-refractivity contribution in [1.82, 2.24) is 4.98 Å². The van der Waals surface area contributed by atoms with E-state index in [0.29, 0.717) is 18.7 Å². The van der Waals surface area contributed by atoms with Crippen molar-refractivity contribution in [2.45, 2.75) is 6.42 Å². The van der Waals surface area contributed by atoms with E-state index in [2.05, 4.69) is 10.3 Å². The van der Waals surface area contributed by atoms with Crippen LogP contribution in [0.1, 0.15) is 16.9 Å². The van der Waals surface area contributed by atoms with Crippen LogP contribution in [0, 0.1) is 0 Å². The molecule has 0 aliphatic carbocycles. The van der Waals surface area contributed by atoms with E-state index in [9.17, 15) is 13.2 Å². The van der Waals surface area contributed by atoms with Crippen LogP contribution in [0.2, 0.25) is 0 Å². The molecule has 0 saturated heterocycles. The molecule has 1 heterocycles. The van der Waals surface area contributed by atoms with Crippen molar-refractivity contribution in [3.05, 3.63) is 24.0 Å². The van der Waals surface area contributed by atoms with Crippen molar-refractivity contribution in [2.24, 2.45) is 0 Å². The van der Waals surface area contributed by atoms with Gasteiger partial charge in [-0.05, 0) is 18.6 Å². The molecule has 0 spiro atoms. The maximum atomic E-state index is 10.9. The molecule has 7 heteroatoms. The Labute approximate surface area is 99.6 Å². The highest BCUT2D eigenvalue weighted by molar-refractivity contribution is 7.90. The molecule has 0 amide bonds. The molecule has 0 unspecified atom stereocenters. The molecule has 0 saturated carbocycles. The minimum absolute atomic E-state index is 0.0216. The third kappa shape index (κ3) is 5.30. The summed E-state index contributed by atoms with van der Waals surface area (Å²) in [6.45, 7) is 0.501. The standard InChI is InChI=1S/C10H14N2O4S/c1-17(15,16)6-2-5-11-8-3-4-9(10(13)14)12-7-8/h3-4,7,11H,2,5-6H2,1H3,(H,13,14). The number of nitrogens with zero attached hydrogens (tertiary/aromatic N) is 1. The van der Waals surface area contributed by atoms with Crippen molar-refractivity contribution in [2.75, 3.05) is 23.9 Å². The monoisotopic (exact) mass is 258 g/mol. The summed E-state index contributed by atoms with van der Waals surface area (Å²) in [5, 5.41) is 11.6. The Morgan fingerprint density at radius 1 is 1.47 bits per heavy atom. The van der Waals surface area contributed by atoms with Crippen molar-refractivity contribution >= 4 is 21.5 Å². The number of carboxylic acids is 1. The Hall–Kier alpha value is -1.63. The van der Waals surface area contributed by atoms with Gasteiger partial charge in [0.25, 0.3) is 0 Å². The minimum atomic E-state index is -2.93. The number of hydrogen-bond donors (Lipinski definition) is 2. The number of pyridine rings is 1. The maximum absolute atomic E-state index is 10.9. The molecule has 0 radical (unpaired) electrons. The lowest BCUT2D eigenvalue weighted by atomic mass is 10.3. The van der Waals surface area contributed by atoms with Crippen LogP contribution in [-0.2, 0) is 9.84 Å². The van der Waals surface area contributed by atoms with Gasteiger partial charge in [-0.25, -0.2) is 18.2 Å². The normalized spacial score (nSPS) is 11.1. The third-order valence-electron chi connectivity index (χ3n) is 2.00. The third-order valence-corrected chi connectivity index (χ3v) is 3.03. The summed E-state index contributed by atoms with van der Waals surface area (Å²) in [4.78, 5) is 14.3. The Kier molecular flexibility index (Phi) is 4.45. The number of hydrogen-bond acceptors (Lipinski definition) is 5. The molecule has 0 aliphatic heterocycles. The molecule has 0 aliphatic rings. The van der Waals surface area contributed by atoms with Gasteiger partial charge in [0.05, 0.1) is 17.6 Å². The molecule has 0 bridgehead atoms. The molecule has 0 aromatic carbocycles. The van der Waals surface area contributed by atoms with E-state index in [0.717, 1.165) is 0 Å². The second-order valence-electron chi connectivity index (χ2n) is 3.65. The van der Waals surface area contributed by atoms with Gasteiger partial charge in [0.2, 0.25) is 0 Å². The molecule has 1 aromatic rings. The van der Waals surface area contributed by atoms with Crippen LogP contribution in [0.25, 0.3) is 0 Å². The quantitative estimate of drug-likeness (QED) is 0.726. The molecule has 2 N–H and O–H groups in total. The summed E-state index contributed by atoms with van der Waals surface area (Å²) in [5.41, 5.74) is 0.648. The lowest BCUT2D eigenvalue weighted by molar-refractivity contribution is 0.0690. The first-order valence-corrected chi connectivity index (χ1v) is 7.05. The van der Waals surface area contributed by atoms with E-state index < -0.39 is 15.8 Å². The lowest BCUT2D eigenvalue weighted by Crippen LogP contribution is -2.10. The number of nitrogens with one attached hydrogen (secondary N) is 1. The van der Waals surface area contributed by atoms with Crippen LogP contribution in [0.15, 0.2) is 18.3 Å². The van der Waals surface area contributed by atoms with Crippen molar-refractivity contribution < 1.29 is 18.3 Å². The molecule has 6 nitrogen and oxygen atoms in total. The number of aromatic nitrogens is 1. The zero-order chi connectivity index (χ0) is 12.9. The van der Waals surface area contributed by atoms with Gasteiger partial charge in [-0.3, -0.25) is 0 Å². The van der Waals surface area contributed by atoms with Gasteiger partial charge >= 0.3 is 5.97 Å². The lowest BCUT2D eigenvalue weighted by Gasteiger charge is -2.05. The van der Waals surface area contributed by atoms with E-state index in [-0.39, 0.29) is 11.4 Å². The maximum Gasteiger partial charge on any atom is 0.354 e. The molecular formula is C10H14N2O4S. The van der Waals surface area contributed by atoms with E-state index in [4.69, 9.17) is 5.11 Å². The number of carbonyl (C=O) groups is 1. The number of aromatic carboxylic acids is 1. The molecule has 0 atom stereocenters. The first-order valence-electron chi connectivity index (χ1n) is 4.99. The highest BCUT2D eigenvalue weighted by atomic mass is 32.2. The Bertz CT molecular complexity index is 482. The summed E-state index contributed by atoms with van der Waals surface area (Å²) >= 11 is 0. The van der Waals surface area contributed by atoms with Gasteiger partial charge < -0.3 is 10.4 Å². The number of carboxylic acid groups (broad SMARTS) is 1. The summed E-state index contributed by atoms with van der Waals surface area (Å²) in [5.74, 6) is -0.950. The van der Waals surface area contributed by atoms with Gasteiger partial charge in [0, 0.05) is 12.8 Å². The summed E-state index contributed by atoms with van der Waals surface area (Å²) < 4.78 is 21.7. The Balaban J connectivity index is 2.40. The zero-order valence-corrected chi connectivity index (χ0v) is 10.2. The van der Waals surface area contributed by atoms with Gasteiger partial charge in [0.15, 0.2) is 0 Å². The number of anilines is 1. The van der Waals surface area contributed by atoms with E-state index in [1.54, 1.807) is 6.07 Å². The smallest absolute Gasteiger partial charge is 0.354 e. The van der Waals surface area contributed by atoms with Crippen LogP contribution >= 0.6 is 0 Å². The number of rotatable bonds is 6. The van der Waals surface area contributed by atoms with Crippen molar-refractivity contribution in [1.29, 1.82) is 0 Å². The van der Waals surface area contributed by atoms with Gasteiger partial charge in [-0.15, -0.1) is 0 Å². The molecule has 1 aromatic heterocycles. The summed E-state index contributed by atoms with van der Waals surface area (Å²) in [6.07, 6.45) is 3.10. The molecule has 17 heavy (non-hydrogen) atoms. The SMILES string of the molecule is CS(=O)(=O)CCCNc1ccc(C(=O)O)nc1. The molecule has 0 fully saturated rings. The first kappa shape index (κ1) is 13.4. The fourth-order valence-corrected chi connectivity index (χ4v) is 1.86. The Morgan fingerprint density at radius 2 is 2.18 bits per heavy atom. The highest BCUT2D eigenvalue weighted by Gasteiger charge is 2.04. The zero-order valence-electron chi connectivity index (χ0n) is 9.38. The van der Waals surface area contributed by atoms with Gasteiger partial charge in [-0.1, -0.05) is 0 Å².